The van der Waals surface area contributed by atoms with E-state index < -0.39 is 0 Å². The van der Waals surface area contributed by atoms with E-state index in [1.54, 1.807) is 6.33 Å². The second-order valence-corrected chi connectivity index (χ2v) is 4.11. The Balaban J connectivity index is 2.01. The summed E-state index contributed by atoms with van der Waals surface area (Å²) in [7, 11) is 0. The number of fused-ring (bicyclic) bond motifs is 1. The van der Waals surface area contributed by atoms with Gasteiger partial charge >= 0.3 is 0 Å². The highest BCUT2D eigenvalue weighted by molar-refractivity contribution is 5.79. The van der Waals surface area contributed by atoms with Gasteiger partial charge in [-0.2, -0.15) is 0 Å². The Morgan fingerprint density at radius 1 is 1.59 bits per heavy atom. The van der Waals surface area contributed by atoms with Gasteiger partial charge in [-0.3, -0.25) is 4.79 Å². The molecule has 1 amide bonds. The highest BCUT2D eigenvalue weighted by atomic mass is 16.1. The number of nitrogens with one attached hydrogen (secondary N) is 2. The van der Waals surface area contributed by atoms with E-state index in [-0.39, 0.29) is 11.8 Å². The normalized spacial score (nSPS) is 12.6. The van der Waals surface area contributed by atoms with Gasteiger partial charge in [-0.1, -0.05) is 13.0 Å². The van der Waals surface area contributed by atoms with Gasteiger partial charge in [0.2, 0.25) is 5.91 Å². The van der Waals surface area contributed by atoms with Crippen LogP contribution in [0.25, 0.3) is 11.0 Å². The SMILES string of the molecule is CC(CN)C(=O)NCc1ccc2nc[nH]c2c1. The maximum Gasteiger partial charge on any atom is 0.224 e. The molecule has 1 unspecified atom stereocenters. The van der Waals surface area contributed by atoms with Crippen LogP contribution < -0.4 is 11.1 Å². The lowest BCUT2D eigenvalue weighted by Crippen LogP contribution is -2.32. The molecule has 1 aromatic heterocycles. The Hall–Kier alpha value is -1.88. The van der Waals surface area contributed by atoms with E-state index in [1.807, 2.05) is 25.1 Å². The number of aromatic amines is 1. The van der Waals surface area contributed by atoms with Gasteiger partial charge < -0.3 is 16.0 Å². The Morgan fingerprint density at radius 3 is 3.18 bits per heavy atom. The lowest BCUT2D eigenvalue weighted by molar-refractivity contribution is -0.124. The zero-order valence-corrected chi connectivity index (χ0v) is 9.73. The molecule has 0 bridgehead atoms. The number of rotatable bonds is 4. The van der Waals surface area contributed by atoms with Crippen LogP contribution in [-0.4, -0.2) is 22.4 Å². The predicted molar refractivity (Wildman–Crippen MR) is 66.2 cm³/mol. The van der Waals surface area contributed by atoms with Gasteiger partial charge in [-0.15, -0.1) is 0 Å². The zero-order valence-electron chi connectivity index (χ0n) is 9.73. The van der Waals surface area contributed by atoms with Crippen molar-refractivity contribution in [2.24, 2.45) is 11.7 Å². The third-order valence-electron chi connectivity index (χ3n) is 2.75. The molecule has 0 saturated heterocycles. The lowest BCUT2D eigenvalue weighted by Gasteiger charge is -2.09. The zero-order chi connectivity index (χ0) is 12.3. The van der Waals surface area contributed by atoms with Gasteiger partial charge in [0.1, 0.15) is 0 Å². The minimum atomic E-state index is -0.147. The quantitative estimate of drug-likeness (QED) is 0.728. The van der Waals surface area contributed by atoms with Crippen LogP contribution in [0.15, 0.2) is 24.5 Å². The standard InChI is InChI=1S/C12H16N4O/c1-8(5-13)12(17)14-6-9-2-3-10-11(4-9)16-7-15-10/h2-4,7-8H,5-6,13H2,1H3,(H,14,17)(H,15,16). The number of carbonyl (C=O) groups excluding carboxylic acids is 1. The van der Waals surface area contributed by atoms with Crippen molar-refractivity contribution in [2.45, 2.75) is 13.5 Å². The van der Waals surface area contributed by atoms with Crippen LogP contribution in [0.3, 0.4) is 0 Å². The first kappa shape index (κ1) is 11.6. The Kier molecular flexibility index (Phi) is 3.39. The van der Waals surface area contributed by atoms with E-state index in [0.29, 0.717) is 13.1 Å². The number of carbonyl (C=O) groups is 1. The van der Waals surface area contributed by atoms with Gasteiger partial charge in [-0.05, 0) is 17.7 Å². The van der Waals surface area contributed by atoms with Crippen LogP contribution in [0, 0.1) is 5.92 Å². The summed E-state index contributed by atoms with van der Waals surface area (Å²) in [5.41, 5.74) is 8.37. The number of benzene rings is 1. The minimum absolute atomic E-state index is 0.0165. The fourth-order valence-electron chi connectivity index (χ4n) is 1.56. The summed E-state index contributed by atoms with van der Waals surface area (Å²) in [6, 6.07) is 5.87. The Bertz CT molecular complexity index is 520. The van der Waals surface area contributed by atoms with Crippen molar-refractivity contribution in [3.8, 4) is 0 Å². The first-order valence-corrected chi connectivity index (χ1v) is 5.60. The Morgan fingerprint density at radius 2 is 2.41 bits per heavy atom. The van der Waals surface area contributed by atoms with E-state index in [2.05, 4.69) is 15.3 Å². The summed E-state index contributed by atoms with van der Waals surface area (Å²) in [4.78, 5) is 18.7. The van der Waals surface area contributed by atoms with Crippen molar-refractivity contribution in [2.75, 3.05) is 6.54 Å². The molecular weight excluding hydrogens is 216 g/mol. The largest absolute Gasteiger partial charge is 0.352 e. The van der Waals surface area contributed by atoms with E-state index in [1.165, 1.54) is 0 Å². The van der Waals surface area contributed by atoms with E-state index in [0.717, 1.165) is 16.6 Å². The third-order valence-corrected chi connectivity index (χ3v) is 2.75. The molecule has 17 heavy (non-hydrogen) atoms. The Labute approximate surface area is 99.4 Å². The molecule has 5 nitrogen and oxygen atoms in total. The molecule has 1 heterocycles. The third kappa shape index (κ3) is 2.62. The molecule has 0 saturated carbocycles. The van der Waals surface area contributed by atoms with Gasteiger partial charge in [-0.25, -0.2) is 4.98 Å². The van der Waals surface area contributed by atoms with E-state index in [4.69, 9.17) is 5.73 Å². The van der Waals surface area contributed by atoms with Gasteiger partial charge in [0, 0.05) is 19.0 Å². The molecule has 0 radical (unpaired) electrons. The van der Waals surface area contributed by atoms with Gasteiger partial charge in [0.15, 0.2) is 0 Å². The summed E-state index contributed by atoms with van der Waals surface area (Å²) in [6.07, 6.45) is 1.66. The lowest BCUT2D eigenvalue weighted by atomic mass is 10.1. The van der Waals surface area contributed by atoms with Crippen LogP contribution in [0.2, 0.25) is 0 Å². The predicted octanol–water partition coefficient (Wildman–Crippen LogP) is 0.774. The smallest absolute Gasteiger partial charge is 0.224 e. The number of hydrogen-bond acceptors (Lipinski definition) is 3. The fourth-order valence-corrected chi connectivity index (χ4v) is 1.56. The molecule has 2 aromatic rings. The molecule has 90 valence electrons. The topological polar surface area (TPSA) is 83.8 Å². The summed E-state index contributed by atoms with van der Waals surface area (Å²) < 4.78 is 0. The molecule has 0 spiro atoms. The first-order chi connectivity index (χ1) is 8.20. The molecule has 4 N–H and O–H groups in total. The highest BCUT2D eigenvalue weighted by Crippen LogP contribution is 2.11. The number of imidazole rings is 1. The summed E-state index contributed by atoms with van der Waals surface area (Å²) in [6.45, 7) is 2.69. The van der Waals surface area contributed by atoms with Crippen molar-refractivity contribution < 1.29 is 4.79 Å². The second-order valence-electron chi connectivity index (χ2n) is 4.11. The molecule has 0 aliphatic heterocycles. The van der Waals surface area contributed by atoms with Gasteiger partial charge in [0.05, 0.1) is 17.4 Å². The maximum absolute atomic E-state index is 11.5. The number of hydrogen-bond donors (Lipinski definition) is 3. The monoisotopic (exact) mass is 232 g/mol. The molecule has 2 rings (SSSR count). The number of nitrogens with two attached hydrogens (primary N) is 1. The molecule has 1 atom stereocenters. The minimum Gasteiger partial charge on any atom is -0.352 e. The van der Waals surface area contributed by atoms with Crippen molar-refractivity contribution in [3.05, 3.63) is 30.1 Å². The average Bonchev–Trinajstić information content (AvgIpc) is 2.82. The maximum atomic E-state index is 11.5. The van der Waals surface area contributed by atoms with Crippen LogP contribution in [-0.2, 0) is 11.3 Å². The van der Waals surface area contributed by atoms with Crippen LogP contribution in [0.1, 0.15) is 12.5 Å². The molecule has 0 fully saturated rings. The molecular formula is C12H16N4O. The van der Waals surface area contributed by atoms with Crippen molar-refractivity contribution in [1.29, 1.82) is 0 Å². The summed E-state index contributed by atoms with van der Waals surface area (Å²) >= 11 is 0. The molecule has 0 aliphatic rings. The number of amides is 1. The van der Waals surface area contributed by atoms with Crippen molar-refractivity contribution in [1.82, 2.24) is 15.3 Å². The van der Waals surface area contributed by atoms with Crippen LogP contribution in [0.5, 0.6) is 0 Å². The number of H-pyrrole nitrogens is 1. The first-order valence-electron chi connectivity index (χ1n) is 5.60. The molecule has 1 aromatic carbocycles. The highest BCUT2D eigenvalue weighted by Gasteiger charge is 2.09. The number of aromatic nitrogens is 2. The molecule has 5 heteroatoms. The van der Waals surface area contributed by atoms with Gasteiger partial charge in [0.25, 0.3) is 0 Å². The van der Waals surface area contributed by atoms with Crippen molar-refractivity contribution in [3.63, 3.8) is 0 Å². The van der Waals surface area contributed by atoms with E-state index in [9.17, 15) is 4.79 Å². The fraction of sp³-hybridized carbons (Fsp3) is 0.333. The molecule has 0 aliphatic carbocycles. The average molecular weight is 232 g/mol. The van der Waals surface area contributed by atoms with E-state index >= 15 is 0 Å². The second kappa shape index (κ2) is 4.97. The van der Waals surface area contributed by atoms with Crippen LogP contribution in [0.4, 0.5) is 0 Å². The van der Waals surface area contributed by atoms with Crippen LogP contribution >= 0.6 is 0 Å². The number of nitrogens with zero attached hydrogens (tertiary/aromatic N) is 1. The van der Waals surface area contributed by atoms with Crippen molar-refractivity contribution >= 4 is 16.9 Å². The summed E-state index contributed by atoms with van der Waals surface area (Å²) in [5.74, 6) is -0.164. The summed E-state index contributed by atoms with van der Waals surface area (Å²) in [5, 5.41) is 2.85.